The molecule has 0 atom stereocenters. The van der Waals surface area contributed by atoms with Crippen LogP contribution in [0.25, 0.3) is 0 Å². The van der Waals surface area contributed by atoms with Crippen molar-refractivity contribution < 1.29 is 9.59 Å². The van der Waals surface area contributed by atoms with Crippen molar-refractivity contribution in [1.29, 1.82) is 0 Å². The van der Waals surface area contributed by atoms with Crippen molar-refractivity contribution in [2.45, 2.75) is 26.7 Å². The monoisotopic (exact) mass is 353 g/mol. The minimum atomic E-state index is 0.229. The van der Waals surface area contributed by atoms with E-state index in [9.17, 15) is 9.59 Å². The van der Waals surface area contributed by atoms with Crippen LogP contribution in [0.15, 0.2) is 0 Å². The van der Waals surface area contributed by atoms with Gasteiger partial charge in [0.15, 0.2) is 0 Å². The van der Waals surface area contributed by atoms with Gasteiger partial charge in [0.05, 0.1) is 6.54 Å². The molecule has 0 unspecified atom stereocenters. The lowest BCUT2D eigenvalue weighted by Crippen LogP contribution is -2.47. The summed E-state index contributed by atoms with van der Waals surface area (Å²) in [4.78, 5) is 33.1. The van der Waals surface area contributed by atoms with E-state index in [2.05, 4.69) is 15.1 Å². The minimum Gasteiger partial charge on any atom is -0.342 e. The molecule has 0 aromatic heterocycles. The third-order valence-electron chi connectivity index (χ3n) is 5.27. The normalized spacial score (nSPS) is 20.3. The van der Waals surface area contributed by atoms with Gasteiger partial charge in [-0.2, -0.15) is 0 Å². The first-order chi connectivity index (χ1) is 12.1. The molecule has 1 N–H and O–H groups in total. The molecule has 0 radical (unpaired) electrons. The number of rotatable bonds is 7. The van der Waals surface area contributed by atoms with Crippen LogP contribution < -0.4 is 5.32 Å². The molecule has 2 heterocycles. The molecule has 0 saturated carbocycles. The molecule has 0 aromatic carbocycles. The lowest BCUT2D eigenvalue weighted by atomic mass is 10.3. The molecule has 0 spiro atoms. The Morgan fingerprint density at radius 3 is 2.24 bits per heavy atom. The highest BCUT2D eigenvalue weighted by Gasteiger charge is 2.21. The molecular weight excluding hydrogens is 318 g/mol. The van der Waals surface area contributed by atoms with Crippen molar-refractivity contribution in [2.75, 3.05) is 78.5 Å². The van der Waals surface area contributed by atoms with Crippen LogP contribution in [0.1, 0.15) is 26.7 Å². The van der Waals surface area contributed by atoms with E-state index in [0.29, 0.717) is 13.0 Å². The molecule has 2 rings (SSSR count). The predicted molar refractivity (Wildman–Crippen MR) is 99.5 cm³/mol. The number of hydrogen-bond acceptors (Lipinski definition) is 5. The van der Waals surface area contributed by atoms with Crippen molar-refractivity contribution in [3.8, 4) is 0 Å². The second-order valence-electron chi connectivity index (χ2n) is 6.92. The van der Waals surface area contributed by atoms with Gasteiger partial charge in [-0.05, 0) is 33.4 Å². The summed E-state index contributed by atoms with van der Waals surface area (Å²) in [5, 5.41) is 3.28. The van der Waals surface area contributed by atoms with Gasteiger partial charge in [-0.3, -0.25) is 14.5 Å². The van der Waals surface area contributed by atoms with Crippen molar-refractivity contribution in [1.82, 2.24) is 24.9 Å². The van der Waals surface area contributed by atoms with E-state index in [1.807, 2.05) is 23.6 Å². The number of nitrogens with zero attached hydrogens (tertiary/aromatic N) is 4. The maximum atomic E-state index is 12.3. The van der Waals surface area contributed by atoms with Crippen molar-refractivity contribution in [2.24, 2.45) is 0 Å². The molecule has 0 aliphatic carbocycles. The van der Waals surface area contributed by atoms with Gasteiger partial charge in [-0.25, -0.2) is 0 Å². The number of amides is 2. The Morgan fingerprint density at radius 1 is 0.920 bits per heavy atom. The molecule has 7 nitrogen and oxygen atoms in total. The Bertz CT molecular complexity index is 422. The Morgan fingerprint density at radius 2 is 1.56 bits per heavy atom. The van der Waals surface area contributed by atoms with Crippen LogP contribution in [-0.4, -0.2) is 110 Å². The fraction of sp³-hybridized carbons (Fsp3) is 0.889. The minimum absolute atomic E-state index is 0.229. The Balaban J connectivity index is 1.70. The summed E-state index contributed by atoms with van der Waals surface area (Å²) in [5.74, 6) is 0.506. The van der Waals surface area contributed by atoms with E-state index in [4.69, 9.17) is 0 Å². The maximum Gasteiger partial charge on any atom is 0.236 e. The third kappa shape index (κ3) is 6.56. The summed E-state index contributed by atoms with van der Waals surface area (Å²) < 4.78 is 0. The van der Waals surface area contributed by atoms with Gasteiger partial charge in [0, 0.05) is 65.3 Å². The second-order valence-corrected chi connectivity index (χ2v) is 6.92. The lowest BCUT2D eigenvalue weighted by molar-refractivity contribution is -0.132. The fourth-order valence-electron chi connectivity index (χ4n) is 3.60. The van der Waals surface area contributed by atoms with Crippen LogP contribution >= 0.6 is 0 Å². The molecule has 2 aliphatic rings. The number of nitrogens with one attached hydrogen (secondary N) is 1. The van der Waals surface area contributed by atoms with Crippen LogP contribution in [-0.2, 0) is 9.59 Å². The number of carbonyl (C=O) groups excluding carboxylic acids is 2. The predicted octanol–water partition coefficient (Wildman–Crippen LogP) is -0.316. The summed E-state index contributed by atoms with van der Waals surface area (Å²) in [6.07, 6.45) is 1.67. The average molecular weight is 354 g/mol. The largest absolute Gasteiger partial charge is 0.342 e. The summed E-state index contributed by atoms with van der Waals surface area (Å²) in [6.45, 7) is 14.3. The Kier molecular flexibility index (Phi) is 8.64. The van der Waals surface area contributed by atoms with E-state index in [0.717, 1.165) is 78.4 Å². The van der Waals surface area contributed by atoms with Gasteiger partial charge in [-0.15, -0.1) is 0 Å². The summed E-state index contributed by atoms with van der Waals surface area (Å²) in [6, 6.07) is 0. The van der Waals surface area contributed by atoms with Gasteiger partial charge >= 0.3 is 0 Å². The highest BCUT2D eigenvalue weighted by atomic mass is 16.2. The lowest BCUT2D eigenvalue weighted by Gasteiger charge is -2.28. The molecule has 0 aromatic rings. The molecule has 2 amide bonds. The van der Waals surface area contributed by atoms with E-state index >= 15 is 0 Å². The molecule has 25 heavy (non-hydrogen) atoms. The zero-order valence-electron chi connectivity index (χ0n) is 16.0. The molecule has 2 fully saturated rings. The first-order valence-corrected chi connectivity index (χ1v) is 9.85. The molecular formula is C18H35N5O2. The average Bonchev–Trinajstić information content (AvgIpc) is 2.86. The standard InChI is InChI=1S/C18H35N5O2/c1-3-22(4-2)18(25)16-21-10-5-9-20(14-15-21)11-6-17(24)23-12-7-19-8-13-23/h19H,3-16H2,1-2H3. The van der Waals surface area contributed by atoms with E-state index in [-0.39, 0.29) is 11.8 Å². The highest BCUT2D eigenvalue weighted by molar-refractivity contribution is 5.78. The zero-order chi connectivity index (χ0) is 18.1. The van der Waals surface area contributed by atoms with Gasteiger partial charge in [0.25, 0.3) is 0 Å². The van der Waals surface area contributed by atoms with Gasteiger partial charge in [-0.1, -0.05) is 0 Å². The molecule has 2 saturated heterocycles. The summed E-state index contributed by atoms with van der Waals surface area (Å²) in [7, 11) is 0. The first-order valence-electron chi connectivity index (χ1n) is 9.85. The van der Waals surface area contributed by atoms with Crippen molar-refractivity contribution in [3.63, 3.8) is 0 Å². The van der Waals surface area contributed by atoms with Gasteiger partial charge in [0.1, 0.15) is 0 Å². The van der Waals surface area contributed by atoms with E-state index < -0.39 is 0 Å². The number of piperazine rings is 1. The van der Waals surface area contributed by atoms with Gasteiger partial charge < -0.3 is 20.0 Å². The summed E-state index contributed by atoms with van der Waals surface area (Å²) >= 11 is 0. The summed E-state index contributed by atoms with van der Waals surface area (Å²) in [5.41, 5.74) is 0. The van der Waals surface area contributed by atoms with Crippen molar-refractivity contribution >= 4 is 11.8 Å². The molecule has 144 valence electrons. The number of hydrogen-bond donors (Lipinski definition) is 1. The first kappa shape index (κ1) is 20.1. The maximum absolute atomic E-state index is 12.3. The number of likely N-dealkylation sites (N-methyl/N-ethyl adjacent to an activating group) is 1. The van der Waals surface area contributed by atoms with Crippen molar-refractivity contribution in [3.05, 3.63) is 0 Å². The zero-order valence-corrected chi connectivity index (χ0v) is 16.0. The Hall–Kier alpha value is -1.18. The molecule has 0 bridgehead atoms. The fourth-order valence-corrected chi connectivity index (χ4v) is 3.60. The Labute approximate surface area is 152 Å². The van der Waals surface area contributed by atoms with Crippen LogP contribution in [0.5, 0.6) is 0 Å². The van der Waals surface area contributed by atoms with Crippen LogP contribution in [0.2, 0.25) is 0 Å². The smallest absolute Gasteiger partial charge is 0.236 e. The van der Waals surface area contributed by atoms with Gasteiger partial charge in [0.2, 0.25) is 11.8 Å². The highest BCUT2D eigenvalue weighted by Crippen LogP contribution is 2.06. The quantitative estimate of drug-likeness (QED) is 0.680. The number of carbonyl (C=O) groups is 2. The SMILES string of the molecule is CCN(CC)C(=O)CN1CCCN(CCC(=O)N2CCNCC2)CC1. The molecule has 2 aliphatic heterocycles. The second kappa shape index (κ2) is 10.7. The van der Waals surface area contributed by atoms with E-state index in [1.54, 1.807) is 0 Å². The van der Waals surface area contributed by atoms with Crippen LogP contribution in [0.3, 0.4) is 0 Å². The van der Waals surface area contributed by atoms with E-state index in [1.165, 1.54) is 0 Å². The topological polar surface area (TPSA) is 59.1 Å². The molecule has 7 heteroatoms. The van der Waals surface area contributed by atoms with Crippen LogP contribution in [0.4, 0.5) is 0 Å². The third-order valence-corrected chi connectivity index (χ3v) is 5.27. The van der Waals surface area contributed by atoms with Crippen LogP contribution in [0, 0.1) is 0 Å².